The Bertz CT molecular complexity index is 834. The lowest BCUT2D eigenvalue weighted by Gasteiger charge is -2.06. The molecule has 0 bridgehead atoms. The van der Waals surface area contributed by atoms with Crippen molar-refractivity contribution >= 4 is 11.6 Å². The van der Waals surface area contributed by atoms with Crippen molar-refractivity contribution in [1.29, 1.82) is 0 Å². The second-order valence-electron chi connectivity index (χ2n) is 5.10. The third-order valence-corrected chi connectivity index (χ3v) is 3.47. The molecule has 0 atom stereocenters. The molecule has 2 heterocycles. The number of aromatic nitrogens is 2. The number of anilines is 1. The van der Waals surface area contributed by atoms with Gasteiger partial charge in [-0.1, -0.05) is 0 Å². The number of hydrogen-bond acceptors (Lipinski definition) is 4. The summed E-state index contributed by atoms with van der Waals surface area (Å²) in [6, 6.07) is 11.8. The molecule has 1 aromatic carbocycles. The van der Waals surface area contributed by atoms with Gasteiger partial charge >= 0.3 is 5.91 Å². The molecular formula is C17H15N3O3. The molecule has 6 heteroatoms. The molecule has 0 spiro atoms. The minimum Gasteiger partial charge on any atom is -0.618 e. The van der Waals surface area contributed by atoms with Gasteiger partial charge in [0.1, 0.15) is 5.76 Å². The molecule has 0 radical (unpaired) electrons. The van der Waals surface area contributed by atoms with E-state index < -0.39 is 5.91 Å². The van der Waals surface area contributed by atoms with Crippen LogP contribution in [0.15, 0.2) is 53.1 Å². The molecule has 0 aliphatic heterocycles. The van der Waals surface area contributed by atoms with Crippen LogP contribution in [-0.4, -0.2) is 10.9 Å². The number of rotatable bonds is 3. The van der Waals surface area contributed by atoms with Crippen LogP contribution in [0.1, 0.15) is 21.9 Å². The second kappa shape index (κ2) is 5.92. The van der Waals surface area contributed by atoms with E-state index in [1.807, 2.05) is 13.8 Å². The highest BCUT2D eigenvalue weighted by Crippen LogP contribution is 2.23. The summed E-state index contributed by atoms with van der Waals surface area (Å²) < 4.78 is 6.09. The molecule has 0 saturated heterocycles. The Balaban J connectivity index is 1.78. The van der Waals surface area contributed by atoms with Crippen LogP contribution in [0.25, 0.3) is 11.5 Å². The number of amides is 1. The fraction of sp³-hybridized carbons (Fsp3) is 0.118. The molecule has 116 valence electrons. The predicted octanol–water partition coefficient (Wildman–Crippen LogP) is 2.84. The largest absolute Gasteiger partial charge is 0.618 e. The number of hydrogen-bond donors (Lipinski definition) is 1. The zero-order chi connectivity index (χ0) is 16.4. The Morgan fingerprint density at radius 1 is 1.17 bits per heavy atom. The summed E-state index contributed by atoms with van der Waals surface area (Å²) in [5.74, 6) is 0.857. The van der Waals surface area contributed by atoms with Gasteiger partial charge in [-0.15, -0.1) is 0 Å². The van der Waals surface area contributed by atoms with Crippen molar-refractivity contribution in [2.75, 3.05) is 5.32 Å². The molecule has 6 nitrogen and oxygen atoms in total. The number of carbonyl (C=O) groups is 1. The molecule has 1 N–H and O–H groups in total. The van der Waals surface area contributed by atoms with Gasteiger partial charge in [0.15, 0.2) is 6.20 Å². The topological polar surface area (TPSA) is 82.1 Å². The van der Waals surface area contributed by atoms with Crippen molar-refractivity contribution in [2.45, 2.75) is 13.8 Å². The van der Waals surface area contributed by atoms with Gasteiger partial charge in [0.2, 0.25) is 5.89 Å². The first-order chi connectivity index (χ1) is 11.0. The van der Waals surface area contributed by atoms with E-state index in [2.05, 4.69) is 10.3 Å². The predicted molar refractivity (Wildman–Crippen MR) is 84.8 cm³/mol. The van der Waals surface area contributed by atoms with Crippen LogP contribution in [0, 0.1) is 19.1 Å². The van der Waals surface area contributed by atoms with Crippen LogP contribution >= 0.6 is 0 Å². The lowest BCUT2D eigenvalue weighted by molar-refractivity contribution is -0.607. The zero-order valence-electron chi connectivity index (χ0n) is 12.7. The lowest BCUT2D eigenvalue weighted by Crippen LogP contribution is -2.36. The third kappa shape index (κ3) is 3.06. The van der Waals surface area contributed by atoms with Crippen LogP contribution in [0.2, 0.25) is 0 Å². The van der Waals surface area contributed by atoms with E-state index in [9.17, 15) is 10.0 Å². The SMILES string of the molecule is Cc1nc(-c2ccc(NC(=O)c3cccc[n+]3[O-])cc2)oc1C. The normalized spacial score (nSPS) is 10.5. The highest BCUT2D eigenvalue weighted by molar-refractivity contribution is 6.01. The monoisotopic (exact) mass is 309 g/mol. The molecule has 3 rings (SSSR count). The molecule has 0 saturated carbocycles. The number of nitrogens with one attached hydrogen (secondary N) is 1. The molecule has 0 aliphatic carbocycles. The van der Waals surface area contributed by atoms with Crippen LogP contribution in [0.4, 0.5) is 5.69 Å². The Kier molecular flexibility index (Phi) is 3.80. The Hall–Kier alpha value is -3.15. The number of oxazole rings is 1. The van der Waals surface area contributed by atoms with E-state index in [0.717, 1.165) is 17.0 Å². The molecule has 0 unspecified atom stereocenters. The van der Waals surface area contributed by atoms with Gasteiger partial charge < -0.3 is 14.9 Å². The molecule has 2 aromatic heterocycles. The van der Waals surface area contributed by atoms with Gasteiger partial charge in [-0.2, -0.15) is 4.73 Å². The van der Waals surface area contributed by atoms with E-state index in [1.165, 1.54) is 12.3 Å². The summed E-state index contributed by atoms with van der Waals surface area (Å²) >= 11 is 0. The molecular weight excluding hydrogens is 294 g/mol. The fourth-order valence-electron chi connectivity index (χ4n) is 2.09. The quantitative estimate of drug-likeness (QED) is 0.596. The highest BCUT2D eigenvalue weighted by atomic mass is 16.5. The maximum Gasteiger partial charge on any atom is 0.321 e. The fourth-order valence-corrected chi connectivity index (χ4v) is 2.09. The average molecular weight is 309 g/mol. The van der Waals surface area contributed by atoms with E-state index in [1.54, 1.807) is 36.4 Å². The highest BCUT2D eigenvalue weighted by Gasteiger charge is 2.15. The van der Waals surface area contributed by atoms with Crippen LogP contribution in [-0.2, 0) is 0 Å². The lowest BCUT2D eigenvalue weighted by atomic mass is 10.2. The summed E-state index contributed by atoms with van der Waals surface area (Å²) in [5, 5.41) is 14.2. The number of carbonyl (C=O) groups excluding carboxylic acids is 1. The minimum atomic E-state index is -0.462. The maximum absolute atomic E-state index is 12.1. The number of benzene rings is 1. The van der Waals surface area contributed by atoms with Crippen molar-refractivity contribution in [3.8, 4) is 11.5 Å². The van der Waals surface area contributed by atoms with Gasteiger partial charge in [-0.3, -0.25) is 4.79 Å². The van der Waals surface area contributed by atoms with Gasteiger partial charge in [-0.05, 0) is 44.2 Å². The summed E-state index contributed by atoms with van der Waals surface area (Å²) in [7, 11) is 0. The molecule has 0 fully saturated rings. The van der Waals surface area contributed by atoms with Gasteiger partial charge in [0.25, 0.3) is 5.69 Å². The molecule has 1 amide bonds. The van der Waals surface area contributed by atoms with Gasteiger partial charge in [0.05, 0.1) is 5.69 Å². The van der Waals surface area contributed by atoms with Crippen molar-refractivity contribution in [1.82, 2.24) is 4.98 Å². The second-order valence-corrected chi connectivity index (χ2v) is 5.10. The molecule has 0 aliphatic rings. The van der Waals surface area contributed by atoms with Crippen LogP contribution in [0.5, 0.6) is 0 Å². The summed E-state index contributed by atoms with van der Waals surface area (Å²) in [6.45, 7) is 3.74. The Morgan fingerprint density at radius 2 is 1.91 bits per heavy atom. The first-order valence-corrected chi connectivity index (χ1v) is 7.08. The molecule has 23 heavy (non-hydrogen) atoms. The van der Waals surface area contributed by atoms with Crippen LogP contribution in [0.3, 0.4) is 0 Å². The first-order valence-electron chi connectivity index (χ1n) is 7.08. The summed E-state index contributed by atoms with van der Waals surface area (Å²) in [4.78, 5) is 16.4. The van der Waals surface area contributed by atoms with E-state index in [4.69, 9.17) is 4.42 Å². The Morgan fingerprint density at radius 3 is 2.52 bits per heavy atom. The van der Waals surface area contributed by atoms with Crippen molar-refractivity contribution in [3.63, 3.8) is 0 Å². The zero-order valence-corrected chi connectivity index (χ0v) is 12.7. The minimum absolute atomic E-state index is 0.0375. The van der Waals surface area contributed by atoms with Gasteiger partial charge in [-0.25, -0.2) is 4.98 Å². The average Bonchev–Trinajstić information content (AvgIpc) is 2.88. The van der Waals surface area contributed by atoms with Crippen molar-refractivity contribution in [2.24, 2.45) is 0 Å². The number of nitrogens with zero attached hydrogens (tertiary/aromatic N) is 2. The standard InChI is InChI=1S/C17H15N3O3/c1-11-12(2)23-17(18-11)13-6-8-14(9-7-13)19-16(21)15-5-3-4-10-20(15)22/h3-10H,1-2H3,(H,19,21). The summed E-state index contributed by atoms with van der Waals surface area (Å²) in [6.07, 6.45) is 1.28. The van der Waals surface area contributed by atoms with Gasteiger partial charge in [0, 0.05) is 23.4 Å². The van der Waals surface area contributed by atoms with Crippen LogP contribution < -0.4 is 10.0 Å². The number of pyridine rings is 1. The number of aryl methyl sites for hydroxylation is 2. The van der Waals surface area contributed by atoms with E-state index in [0.29, 0.717) is 16.3 Å². The smallest absolute Gasteiger partial charge is 0.321 e. The van der Waals surface area contributed by atoms with E-state index >= 15 is 0 Å². The van der Waals surface area contributed by atoms with E-state index in [-0.39, 0.29) is 5.69 Å². The molecule has 3 aromatic rings. The van der Waals surface area contributed by atoms with Crippen molar-refractivity contribution in [3.05, 3.63) is 71.0 Å². The van der Waals surface area contributed by atoms with Crippen molar-refractivity contribution < 1.29 is 13.9 Å². The first kappa shape index (κ1) is 14.8. The Labute approximate surface area is 133 Å². The maximum atomic E-state index is 12.1. The summed E-state index contributed by atoms with van der Waals surface area (Å²) in [5.41, 5.74) is 2.29. The third-order valence-electron chi connectivity index (χ3n) is 3.47.